The highest BCUT2D eigenvalue weighted by Gasteiger charge is 2.12. The van der Waals surface area contributed by atoms with E-state index in [4.69, 9.17) is 21.7 Å². The number of amides is 2. The highest BCUT2D eigenvalue weighted by atomic mass is 32.1. The molecule has 4 rings (SSSR count). The third kappa shape index (κ3) is 8.41. The summed E-state index contributed by atoms with van der Waals surface area (Å²) in [6, 6.07) is 32.8. The van der Waals surface area contributed by atoms with Crippen LogP contribution in [0.25, 0.3) is 0 Å². The first kappa shape index (κ1) is 27.3. The van der Waals surface area contributed by atoms with E-state index in [2.05, 4.69) is 16.0 Å². The maximum absolute atomic E-state index is 12.7. The Morgan fingerprint density at radius 3 is 2.03 bits per heavy atom. The van der Waals surface area contributed by atoms with Crippen LogP contribution in [0.1, 0.15) is 39.2 Å². The zero-order valence-corrected chi connectivity index (χ0v) is 22.2. The van der Waals surface area contributed by atoms with Gasteiger partial charge in [-0.25, -0.2) is 0 Å². The largest absolute Gasteiger partial charge is 0.490 e. The molecule has 0 aliphatic heterocycles. The van der Waals surface area contributed by atoms with Crippen molar-refractivity contribution in [3.8, 4) is 11.5 Å². The lowest BCUT2D eigenvalue weighted by Gasteiger charge is -2.15. The summed E-state index contributed by atoms with van der Waals surface area (Å²) in [6.45, 7) is 2.65. The Balaban J connectivity index is 1.23. The molecule has 0 radical (unpaired) electrons. The molecule has 4 aromatic rings. The number of thiocarbonyl (C=S) groups is 1. The van der Waals surface area contributed by atoms with Gasteiger partial charge < -0.3 is 20.1 Å². The monoisotopic (exact) mass is 539 g/mol. The second kappa shape index (κ2) is 13.7. The Kier molecular flexibility index (Phi) is 9.63. The van der Waals surface area contributed by atoms with Crippen molar-refractivity contribution in [2.45, 2.75) is 13.0 Å². The minimum atomic E-state index is -0.371. The number of hydrogen-bond acceptors (Lipinski definition) is 5. The first-order chi connectivity index (χ1) is 19.0. The summed E-state index contributed by atoms with van der Waals surface area (Å²) in [5.74, 6) is 0.770. The quantitative estimate of drug-likeness (QED) is 0.175. The van der Waals surface area contributed by atoms with E-state index in [9.17, 15) is 9.59 Å². The minimum Gasteiger partial charge on any atom is -0.490 e. The van der Waals surface area contributed by atoms with Gasteiger partial charge in [0.15, 0.2) is 5.11 Å². The van der Waals surface area contributed by atoms with E-state index in [1.54, 1.807) is 48.5 Å². The Labute approximate surface area is 233 Å². The summed E-state index contributed by atoms with van der Waals surface area (Å²) in [4.78, 5) is 25.3. The average Bonchev–Trinajstić information content (AvgIpc) is 2.97. The molecule has 2 amide bonds. The van der Waals surface area contributed by atoms with Crippen molar-refractivity contribution in [2.24, 2.45) is 0 Å². The van der Waals surface area contributed by atoms with Crippen LogP contribution in [0.2, 0.25) is 0 Å². The Morgan fingerprint density at radius 2 is 1.33 bits per heavy atom. The smallest absolute Gasteiger partial charge is 0.257 e. The molecule has 7 nitrogen and oxygen atoms in total. The van der Waals surface area contributed by atoms with Crippen molar-refractivity contribution in [3.63, 3.8) is 0 Å². The van der Waals surface area contributed by atoms with Gasteiger partial charge in [-0.05, 0) is 79.3 Å². The van der Waals surface area contributed by atoms with Gasteiger partial charge in [0, 0.05) is 16.8 Å². The summed E-state index contributed by atoms with van der Waals surface area (Å²) in [7, 11) is 0. The molecule has 0 fully saturated rings. The van der Waals surface area contributed by atoms with E-state index >= 15 is 0 Å². The van der Waals surface area contributed by atoms with Crippen LogP contribution in [-0.4, -0.2) is 30.1 Å². The molecule has 0 aliphatic carbocycles. The molecule has 0 aliphatic rings. The third-order valence-electron chi connectivity index (χ3n) is 5.74. The van der Waals surface area contributed by atoms with E-state index in [1.165, 1.54) is 0 Å². The number of carbonyl (C=O) groups is 2. The summed E-state index contributed by atoms with van der Waals surface area (Å²) in [5, 5.41) is 8.75. The van der Waals surface area contributed by atoms with E-state index in [1.807, 2.05) is 67.6 Å². The van der Waals surface area contributed by atoms with Crippen LogP contribution in [0, 0.1) is 0 Å². The molecule has 0 spiro atoms. The Bertz CT molecular complexity index is 1400. The van der Waals surface area contributed by atoms with Crippen molar-refractivity contribution in [3.05, 3.63) is 126 Å². The number of nitrogens with one attached hydrogen (secondary N) is 3. The van der Waals surface area contributed by atoms with Crippen molar-refractivity contribution in [1.29, 1.82) is 0 Å². The number of rotatable bonds is 10. The van der Waals surface area contributed by atoms with Crippen LogP contribution >= 0.6 is 12.2 Å². The fourth-order valence-electron chi connectivity index (χ4n) is 3.71. The van der Waals surface area contributed by atoms with Gasteiger partial charge in [-0.15, -0.1) is 0 Å². The van der Waals surface area contributed by atoms with Crippen molar-refractivity contribution in [1.82, 2.24) is 10.6 Å². The summed E-state index contributed by atoms with van der Waals surface area (Å²) >= 11 is 5.30. The van der Waals surface area contributed by atoms with E-state index in [-0.39, 0.29) is 23.0 Å². The second-order valence-corrected chi connectivity index (χ2v) is 9.04. The molecule has 3 N–H and O–H groups in total. The standard InChI is InChI=1S/C31H29N3O4S/c1-22(23-9-4-2-5-10-23)32-29(35)24-15-17-26(18-16-24)33-31(39)34-30(36)25-11-8-14-28(21-25)38-20-19-37-27-12-6-3-7-13-27/h2-18,21-22H,19-20H2,1H3,(H,32,35)(H2,33,34,36,39). The molecule has 0 saturated heterocycles. The molecule has 8 heteroatoms. The molecular weight excluding hydrogens is 510 g/mol. The molecule has 39 heavy (non-hydrogen) atoms. The lowest BCUT2D eigenvalue weighted by atomic mass is 10.1. The van der Waals surface area contributed by atoms with Gasteiger partial charge in [0.05, 0.1) is 6.04 Å². The van der Waals surface area contributed by atoms with Crippen molar-refractivity contribution < 1.29 is 19.1 Å². The van der Waals surface area contributed by atoms with Gasteiger partial charge in [0.25, 0.3) is 11.8 Å². The number of para-hydroxylation sites is 1. The first-order valence-electron chi connectivity index (χ1n) is 12.5. The van der Waals surface area contributed by atoms with Crippen LogP contribution in [0.3, 0.4) is 0 Å². The highest BCUT2D eigenvalue weighted by Crippen LogP contribution is 2.16. The van der Waals surface area contributed by atoms with Crippen LogP contribution in [0.4, 0.5) is 5.69 Å². The molecule has 0 saturated carbocycles. The molecule has 1 unspecified atom stereocenters. The van der Waals surface area contributed by atoms with Crippen molar-refractivity contribution >= 4 is 34.8 Å². The normalized spacial score (nSPS) is 11.1. The third-order valence-corrected chi connectivity index (χ3v) is 5.94. The fourth-order valence-corrected chi connectivity index (χ4v) is 3.92. The maximum atomic E-state index is 12.7. The van der Waals surface area contributed by atoms with Gasteiger partial charge >= 0.3 is 0 Å². The van der Waals surface area contributed by atoms with E-state index < -0.39 is 0 Å². The van der Waals surface area contributed by atoms with Gasteiger partial charge in [-0.3, -0.25) is 14.9 Å². The second-order valence-electron chi connectivity index (χ2n) is 8.63. The number of hydrogen-bond donors (Lipinski definition) is 3. The lowest BCUT2D eigenvalue weighted by Crippen LogP contribution is -2.34. The van der Waals surface area contributed by atoms with Crippen LogP contribution in [0.5, 0.6) is 11.5 Å². The molecule has 0 heterocycles. The topological polar surface area (TPSA) is 88.7 Å². The van der Waals surface area contributed by atoms with Gasteiger partial charge in [-0.2, -0.15) is 0 Å². The van der Waals surface area contributed by atoms with Gasteiger partial charge in [0.2, 0.25) is 0 Å². The zero-order chi connectivity index (χ0) is 27.5. The summed E-state index contributed by atoms with van der Waals surface area (Å²) in [5.41, 5.74) is 2.59. The Morgan fingerprint density at radius 1 is 0.718 bits per heavy atom. The minimum absolute atomic E-state index is 0.120. The van der Waals surface area contributed by atoms with Gasteiger partial charge in [-0.1, -0.05) is 54.6 Å². The molecular formula is C31H29N3O4S. The van der Waals surface area contributed by atoms with Crippen molar-refractivity contribution in [2.75, 3.05) is 18.5 Å². The first-order valence-corrected chi connectivity index (χ1v) is 12.9. The number of benzene rings is 4. The van der Waals surface area contributed by atoms with E-state index in [0.717, 1.165) is 11.3 Å². The number of carbonyl (C=O) groups excluding carboxylic acids is 2. The average molecular weight is 540 g/mol. The molecule has 0 bridgehead atoms. The summed E-state index contributed by atoms with van der Waals surface area (Å²) in [6.07, 6.45) is 0. The molecule has 1 atom stereocenters. The molecule has 198 valence electrons. The number of anilines is 1. The maximum Gasteiger partial charge on any atom is 0.257 e. The summed E-state index contributed by atoms with van der Waals surface area (Å²) < 4.78 is 11.3. The van der Waals surface area contributed by atoms with Gasteiger partial charge in [0.1, 0.15) is 24.7 Å². The van der Waals surface area contributed by atoms with Crippen LogP contribution in [0.15, 0.2) is 109 Å². The lowest BCUT2D eigenvalue weighted by molar-refractivity contribution is 0.0938. The molecule has 0 aromatic heterocycles. The predicted molar refractivity (Wildman–Crippen MR) is 156 cm³/mol. The number of ether oxygens (including phenoxy) is 2. The predicted octanol–water partition coefficient (Wildman–Crippen LogP) is 5.76. The van der Waals surface area contributed by atoms with E-state index in [0.29, 0.717) is 35.8 Å². The highest BCUT2D eigenvalue weighted by molar-refractivity contribution is 7.80. The zero-order valence-electron chi connectivity index (χ0n) is 21.4. The SMILES string of the molecule is CC(NC(=O)c1ccc(NC(=S)NC(=O)c2cccc(OCCOc3ccccc3)c2)cc1)c1ccccc1. The fraction of sp³-hybridized carbons (Fsp3) is 0.129. The molecule has 4 aromatic carbocycles. The Hall–Kier alpha value is -4.69. The van der Waals surface area contributed by atoms with Crippen LogP contribution < -0.4 is 25.4 Å². The van der Waals surface area contributed by atoms with Crippen LogP contribution in [-0.2, 0) is 0 Å².